The number of rotatable bonds is 3. The molecular weight excluding hydrogens is 344 g/mol. The van der Waals surface area contributed by atoms with E-state index in [-0.39, 0.29) is 11.9 Å². The predicted octanol–water partition coefficient (Wildman–Crippen LogP) is 4.10. The van der Waals surface area contributed by atoms with Gasteiger partial charge in [0.25, 0.3) is 0 Å². The van der Waals surface area contributed by atoms with Crippen LogP contribution in [0.15, 0.2) is 57.7 Å². The number of esters is 1. The number of fused-ring (bicyclic) bond motifs is 1. The molecule has 27 heavy (non-hydrogen) atoms. The van der Waals surface area contributed by atoms with Crippen LogP contribution in [0.3, 0.4) is 0 Å². The Labute approximate surface area is 156 Å². The van der Waals surface area contributed by atoms with Gasteiger partial charge in [0.2, 0.25) is 0 Å². The Balaban J connectivity index is 1.74. The molecule has 0 spiro atoms. The Hall–Kier alpha value is -2.92. The number of benzene rings is 2. The lowest BCUT2D eigenvalue weighted by atomic mass is 9.99. The van der Waals surface area contributed by atoms with E-state index < -0.39 is 5.63 Å². The number of hydrogen-bond donors (Lipinski definition) is 0. The Kier molecular flexibility index (Phi) is 4.77. The fourth-order valence-electron chi connectivity index (χ4n) is 3.43. The van der Waals surface area contributed by atoms with Gasteiger partial charge in [0, 0.05) is 30.2 Å². The molecule has 3 aromatic rings. The van der Waals surface area contributed by atoms with Gasteiger partial charge in [0.15, 0.2) is 0 Å². The van der Waals surface area contributed by atoms with Crippen molar-refractivity contribution in [1.82, 2.24) is 0 Å². The summed E-state index contributed by atoms with van der Waals surface area (Å²) in [5.74, 6) is 0.00572. The van der Waals surface area contributed by atoms with Crippen LogP contribution in [0.25, 0.3) is 22.1 Å². The lowest BCUT2D eigenvalue weighted by Gasteiger charge is -2.21. The molecule has 2 heterocycles. The minimum Gasteiger partial charge on any atom is -0.426 e. The minimum atomic E-state index is -0.433. The van der Waals surface area contributed by atoms with Crippen LogP contribution in [0.2, 0.25) is 0 Å². The van der Waals surface area contributed by atoms with Gasteiger partial charge in [-0.2, -0.15) is 0 Å². The van der Waals surface area contributed by atoms with Gasteiger partial charge in [-0.1, -0.05) is 30.3 Å². The first-order valence-electron chi connectivity index (χ1n) is 9.06. The second kappa shape index (κ2) is 7.37. The van der Waals surface area contributed by atoms with Crippen LogP contribution in [0.4, 0.5) is 0 Å². The van der Waals surface area contributed by atoms with E-state index >= 15 is 0 Å². The van der Waals surface area contributed by atoms with Crippen molar-refractivity contribution in [3.8, 4) is 16.9 Å². The summed E-state index contributed by atoms with van der Waals surface area (Å²) in [5.41, 5.74) is 2.38. The summed E-state index contributed by atoms with van der Waals surface area (Å²) in [6, 6.07) is 14.8. The highest BCUT2D eigenvalue weighted by Crippen LogP contribution is 2.33. The van der Waals surface area contributed by atoms with Gasteiger partial charge in [-0.05, 0) is 43.0 Å². The van der Waals surface area contributed by atoms with Gasteiger partial charge in [-0.15, -0.1) is 0 Å². The second-order valence-electron chi connectivity index (χ2n) is 6.72. The Morgan fingerprint density at radius 2 is 1.81 bits per heavy atom. The van der Waals surface area contributed by atoms with Gasteiger partial charge in [-0.3, -0.25) is 4.79 Å². The molecule has 0 aliphatic carbocycles. The van der Waals surface area contributed by atoms with E-state index in [1.165, 1.54) is 6.07 Å². The third kappa shape index (κ3) is 3.51. The van der Waals surface area contributed by atoms with Crippen molar-refractivity contribution in [3.63, 3.8) is 0 Å². The van der Waals surface area contributed by atoms with E-state index in [1.54, 1.807) is 13.0 Å². The molecule has 1 aliphatic rings. The smallest absolute Gasteiger partial charge is 0.336 e. The molecule has 0 saturated carbocycles. The third-order valence-corrected chi connectivity index (χ3v) is 4.96. The van der Waals surface area contributed by atoms with Crippen LogP contribution in [-0.4, -0.2) is 19.2 Å². The average molecular weight is 364 g/mol. The van der Waals surface area contributed by atoms with Crippen LogP contribution in [0.5, 0.6) is 5.75 Å². The zero-order chi connectivity index (χ0) is 18.8. The SMILES string of the molecule is Cc1c(OC(=O)C2CCOCC2)ccc2c(-c3ccccc3)cc(=O)oc12. The molecule has 1 saturated heterocycles. The maximum Gasteiger partial charge on any atom is 0.336 e. The third-order valence-electron chi connectivity index (χ3n) is 4.96. The fraction of sp³-hybridized carbons (Fsp3) is 0.273. The highest BCUT2D eigenvalue weighted by Gasteiger charge is 2.24. The molecule has 4 rings (SSSR count). The summed E-state index contributed by atoms with van der Waals surface area (Å²) in [6.45, 7) is 2.95. The Bertz CT molecular complexity index is 1030. The summed E-state index contributed by atoms with van der Waals surface area (Å²) < 4.78 is 16.4. The molecule has 0 amide bonds. The first-order chi connectivity index (χ1) is 13.1. The topological polar surface area (TPSA) is 65.7 Å². The molecule has 5 nitrogen and oxygen atoms in total. The van der Waals surface area contributed by atoms with Crippen LogP contribution < -0.4 is 10.4 Å². The largest absolute Gasteiger partial charge is 0.426 e. The molecule has 0 radical (unpaired) electrons. The molecular formula is C22H20O5. The van der Waals surface area contributed by atoms with Gasteiger partial charge < -0.3 is 13.9 Å². The summed E-state index contributed by atoms with van der Waals surface area (Å²) in [6.07, 6.45) is 1.33. The van der Waals surface area contributed by atoms with E-state index in [2.05, 4.69) is 0 Å². The number of carbonyl (C=O) groups excluding carboxylic acids is 1. The Morgan fingerprint density at radius 3 is 2.56 bits per heavy atom. The van der Waals surface area contributed by atoms with Crippen LogP contribution in [0.1, 0.15) is 18.4 Å². The zero-order valence-electron chi connectivity index (χ0n) is 15.1. The maximum absolute atomic E-state index is 12.4. The van der Waals surface area contributed by atoms with E-state index in [4.69, 9.17) is 13.9 Å². The Morgan fingerprint density at radius 1 is 1.07 bits per heavy atom. The van der Waals surface area contributed by atoms with E-state index in [0.29, 0.717) is 43.0 Å². The minimum absolute atomic E-state index is 0.156. The number of aryl methyl sites for hydroxylation is 1. The van der Waals surface area contributed by atoms with Crippen molar-refractivity contribution in [2.75, 3.05) is 13.2 Å². The van der Waals surface area contributed by atoms with Crippen LogP contribution in [-0.2, 0) is 9.53 Å². The number of carbonyl (C=O) groups is 1. The molecule has 1 aliphatic heterocycles. The highest BCUT2D eigenvalue weighted by molar-refractivity contribution is 5.96. The molecule has 0 unspecified atom stereocenters. The van der Waals surface area contributed by atoms with E-state index in [1.807, 2.05) is 36.4 Å². The summed E-state index contributed by atoms with van der Waals surface area (Å²) in [4.78, 5) is 24.6. The second-order valence-corrected chi connectivity index (χ2v) is 6.72. The van der Waals surface area contributed by atoms with Crippen molar-refractivity contribution >= 4 is 16.9 Å². The van der Waals surface area contributed by atoms with Crippen molar-refractivity contribution in [1.29, 1.82) is 0 Å². The number of ether oxygens (including phenoxy) is 2. The molecule has 138 valence electrons. The summed E-state index contributed by atoms with van der Waals surface area (Å²) in [5, 5.41) is 0.809. The molecule has 0 N–H and O–H groups in total. The van der Waals surface area contributed by atoms with Crippen molar-refractivity contribution in [2.24, 2.45) is 5.92 Å². The lowest BCUT2D eigenvalue weighted by molar-refractivity contribution is -0.142. The van der Waals surface area contributed by atoms with Crippen molar-refractivity contribution in [3.05, 3.63) is 64.5 Å². The highest BCUT2D eigenvalue weighted by atomic mass is 16.5. The normalized spacial score (nSPS) is 15.0. The molecule has 1 fully saturated rings. The predicted molar refractivity (Wildman–Crippen MR) is 102 cm³/mol. The first kappa shape index (κ1) is 17.5. The van der Waals surface area contributed by atoms with Crippen molar-refractivity contribution in [2.45, 2.75) is 19.8 Å². The van der Waals surface area contributed by atoms with Gasteiger partial charge in [0.05, 0.1) is 5.92 Å². The van der Waals surface area contributed by atoms with Crippen LogP contribution >= 0.6 is 0 Å². The molecule has 0 bridgehead atoms. The fourth-order valence-corrected chi connectivity index (χ4v) is 3.43. The first-order valence-corrected chi connectivity index (χ1v) is 9.06. The average Bonchev–Trinajstić information content (AvgIpc) is 2.71. The summed E-state index contributed by atoms with van der Waals surface area (Å²) >= 11 is 0. The van der Waals surface area contributed by atoms with Crippen LogP contribution in [0, 0.1) is 12.8 Å². The van der Waals surface area contributed by atoms with E-state index in [0.717, 1.165) is 16.5 Å². The molecule has 5 heteroatoms. The van der Waals surface area contributed by atoms with E-state index in [9.17, 15) is 9.59 Å². The van der Waals surface area contributed by atoms with Gasteiger partial charge in [0.1, 0.15) is 11.3 Å². The monoisotopic (exact) mass is 364 g/mol. The zero-order valence-corrected chi connectivity index (χ0v) is 15.1. The maximum atomic E-state index is 12.4. The molecule has 0 atom stereocenters. The quantitative estimate of drug-likeness (QED) is 0.398. The van der Waals surface area contributed by atoms with Crippen molar-refractivity contribution < 1.29 is 18.7 Å². The summed E-state index contributed by atoms with van der Waals surface area (Å²) in [7, 11) is 0. The van der Waals surface area contributed by atoms with Gasteiger partial charge in [-0.25, -0.2) is 4.79 Å². The molecule has 1 aromatic heterocycles. The standard InChI is InChI=1S/C22H20O5/c1-14-19(26-22(24)16-9-11-25-12-10-16)8-7-17-18(13-20(23)27-21(14)17)15-5-3-2-4-6-15/h2-8,13,16H,9-12H2,1H3. The molecule has 2 aromatic carbocycles. The lowest BCUT2D eigenvalue weighted by Crippen LogP contribution is -2.27. The number of hydrogen-bond acceptors (Lipinski definition) is 5. The van der Waals surface area contributed by atoms with Gasteiger partial charge >= 0.3 is 11.6 Å².